The average Bonchev–Trinajstić information content (AvgIpc) is 2.27. The van der Waals surface area contributed by atoms with Gasteiger partial charge in [-0.2, -0.15) is 0 Å². The van der Waals surface area contributed by atoms with Gasteiger partial charge < -0.3 is 15.6 Å². The smallest absolute Gasteiger partial charge is 0.404 e. The van der Waals surface area contributed by atoms with Gasteiger partial charge in [0, 0.05) is 0 Å². The van der Waals surface area contributed by atoms with Crippen LogP contribution in [-0.2, 0) is 10.4 Å². The number of carbonyl (C=O) groups is 1. The highest BCUT2D eigenvalue weighted by molar-refractivity contribution is 5.64. The molecule has 1 rings (SSSR count). The molecule has 0 fully saturated rings. The molecule has 0 aromatic heterocycles. The first kappa shape index (κ1) is 11.5. The number of hydrogen-bond acceptors (Lipinski definition) is 3. The van der Waals surface area contributed by atoms with Crippen LogP contribution < -0.4 is 5.73 Å². The number of nitrogens with two attached hydrogens (primary N) is 1. The van der Waals surface area contributed by atoms with Gasteiger partial charge in [-0.25, -0.2) is 9.18 Å². The number of halogens is 1. The fourth-order valence-corrected chi connectivity index (χ4v) is 1.14. The van der Waals surface area contributed by atoms with Crippen LogP contribution in [0.4, 0.5) is 9.18 Å². The Kier molecular flexibility index (Phi) is 3.62. The predicted molar refractivity (Wildman–Crippen MR) is 51.8 cm³/mol. The highest BCUT2D eigenvalue weighted by Gasteiger charge is 2.32. The topological polar surface area (TPSA) is 72.6 Å². The van der Waals surface area contributed by atoms with Crippen LogP contribution in [0.15, 0.2) is 30.3 Å². The number of aliphatic hydroxyl groups is 1. The molecular weight excluding hydrogens is 201 g/mol. The van der Waals surface area contributed by atoms with Crippen LogP contribution >= 0.6 is 0 Å². The van der Waals surface area contributed by atoms with Gasteiger partial charge in [0.1, 0.15) is 6.61 Å². The fraction of sp³-hybridized carbons (Fsp3) is 0.300. The Morgan fingerprint density at radius 1 is 1.47 bits per heavy atom. The first-order valence-electron chi connectivity index (χ1n) is 4.36. The van der Waals surface area contributed by atoms with Crippen molar-refractivity contribution in [2.45, 2.75) is 5.67 Å². The molecule has 3 N–H and O–H groups in total. The third-order valence-corrected chi connectivity index (χ3v) is 1.98. The third kappa shape index (κ3) is 2.92. The molecule has 1 aromatic rings. The van der Waals surface area contributed by atoms with Gasteiger partial charge in [0.15, 0.2) is 5.67 Å². The summed E-state index contributed by atoms with van der Waals surface area (Å²) in [4.78, 5) is 10.3. The highest BCUT2D eigenvalue weighted by atomic mass is 19.1. The van der Waals surface area contributed by atoms with Gasteiger partial charge in [0.05, 0.1) is 6.61 Å². The molecule has 1 amide bonds. The summed E-state index contributed by atoms with van der Waals surface area (Å²) in [6, 6.07) is 7.98. The van der Waals surface area contributed by atoms with Gasteiger partial charge in [-0.1, -0.05) is 30.3 Å². The summed E-state index contributed by atoms with van der Waals surface area (Å²) in [5.41, 5.74) is 2.87. The Morgan fingerprint density at radius 3 is 2.53 bits per heavy atom. The maximum Gasteiger partial charge on any atom is 0.404 e. The summed E-state index contributed by atoms with van der Waals surface area (Å²) in [6.07, 6.45) is -1.07. The van der Waals surface area contributed by atoms with Gasteiger partial charge in [-0.15, -0.1) is 0 Å². The second kappa shape index (κ2) is 4.75. The average molecular weight is 213 g/mol. The van der Waals surface area contributed by atoms with Crippen LogP contribution in [0.2, 0.25) is 0 Å². The molecule has 0 aliphatic heterocycles. The molecule has 0 heterocycles. The van der Waals surface area contributed by atoms with E-state index in [0.29, 0.717) is 0 Å². The normalized spacial score (nSPS) is 14.3. The van der Waals surface area contributed by atoms with Crippen LogP contribution in [0, 0.1) is 0 Å². The lowest BCUT2D eigenvalue weighted by molar-refractivity contribution is 0.00517. The number of aliphatic hydroxyl groups excluding tert-OH is 1. The number of amides is 1. The zero-order valence-corrected chi connectivity index (χ0v) is 8.02. The number of primary amides is 1. The van der Waals surface area contributed by atoms with Crippen molar-refractivity contribution in [3.63, 3.8) is 0 Å². The molecule has 0 saturated carbocycles. The SMILES string of the molecule is NC(=O)OCC(F)(CO)c1ccccc1. The van der Waals surface area contributed by atoms with Gasteiger partial charge in [-0.05, 0) is 5.56 Å². The minimum Gasteiger partial charge on any atom is -0.446 e. The van der Waals surface area contributed by atoms with E-state index in [1.54, 1.807) is 18.2 Å². The van der Waals surface area contributed by atoms with Gasteiger partial charge in [0.2, 0.25) is 0 Å². The number of alkyl halides is 1. The lowest BCUT2D eigenvalue weighted by atomic mass is 9.98. The molecule has 82 valence electrons. The molecule has 0 bridgehead atoms. The van der Waals surface area contributed by atoms with Crippen LogP contribution in [0.5, 0.6) is 0 Å². The molecule has 5 heteroatoms. The minimum atomic E-state index is -2.10. The monoisotopic (exact) mass is 213 g/mol. The van der Waals surface area contributed by atoms with E-state index in [0.717, 1.165) is 0 Å². The van der Waals surface area contributed by atoms with Crippen molar-refractivity contribution in [1.29, 1.82) is 0 Å². The number of ether oxygens (including phenoxy) is 1. The lowest BCUT2D eigenvalue weighted by Crippen LogP contribution is -2.33. The number of rotatable bonds is 4. The molecule has 1 aromatic carbocycles. The Bertz CT molecular complexity index is 331. The van der Waals surface area contributed by atoms with Crippen LogP contribution in [0.25, 0.3) is 0 Å². The second-order valence-electron chi connectivity index (χ2n) is 3.10. The fourth-order valence-electron chi connectivity index (χ4n) is 1.14. The summed E-state index contributed by atoms with van der Waals surface area (Å²) < 4.78 is 18.4. The second-order valence-corrected chi connectivity index (χ2v) is 3.10. The van der Waals surface area contributed by atoms with Crippen molar-refractivity contribution >= 4 is 6.09 Å². The standard InChI is InChI=1S/C10H12FNO3/c11-10(6-13,7-15-9(12)14)8-4-2-1-3-5-8/h1-5,13H,6-7H2,(H2,12,14). The summed E-state index contributed by atoms with van der Waals surface area (Å²) in [5, 5.41) is 8.94. The molecule has 1 atom stereocenters. The van der Waals surface area contributed by atoms with Crippen molar-refractivity contribution in [1.82, 2.24) is 0 Å². The quantitative estimate of drug-likeness (QED) is 0.781. The van der Waals surface area contributed by atoms with Crippen LogP contribution in [0.3, 0.4) is 0 Å². The van der Waals surface area contributed by atoms with Crippen LogP contribution in [0.1, 0.15) is 5.56 Å². The first-order chi connectivity index (χ1) is 7.08. The highest BCUT2D eigenvalue weighted by Crippen LogP contribution is 2.25. The summed E-state index contributed by atoms with van der Waals surface area (Å²) in [6.45, 7) is -1.37. The van der Waals surface area contributed by atoms with Gasteiger partial charge in [-0.3, -0.25) is 0 Å². The van der Waals surface area contributed by atoms with Crippen molar-refractivity contribution < 1.29 is 19.0 Å². The maximum atomic E-state index is 14.0. The molecule has 0 spiro atoms. The van der Waals surface area contributed by atoms with Crippen molar-refractivity contribution in [3.8, 4) is 0 Å². The van der Waals surface area contributed by atoms with Crippen molar-refractivity contribution in [2.24, 2.45) is 5.73 Å². The Balaban J connectivity index is 2.80. The van der Waals surface area contributed by atoms with E-state index in [1.807, 2.05) is 0 Å². The molecule has 0 aliphatic carbocycles. The summed E-state index contributed by atoms with van der Waals surface area (Å²) >= 11 is 0. The summed E-state index contributed by atoms with van der Waals surface area (Å²) in [5.74, 6) is 0. The van der Waals surface area contributed by atoms with E-state index in [4.69, 9.17) is 10.8 Å². The van der Waals surface area contributed by atoms with Gasteiger partial charge >= 0.3 is 6.09 Å². The Labute approximate surface area is 86.5 Å². The maximum absolute atomic E-state index is 14.0. The van der Waals surface area contributed by atoms with E-state index < -0.39 is 25.0 Å². The Morgan fingerprint density at radius 2 is 2.07 bits per heavy atom. The van der Waals surface area contributed by atoms with E-state index >= 15 is 0 Å². The molecule has 0 saturated heterocycles. The predicted octanol–water partition coefficient (Wildman–Crippen LogP) is 0.939. The molecule has 4 nitrogen and oxygen atoms in total. The van der Waals surface area contributed by atoms with Crippen molar-refractivity contribution in [2.75, 3.05) is 13.2 Å². The van der Waals surface area contributed by atoms with Crippen molar-refractivity contribution in [3.05, 3.63) is 35.9 Å². The van der Waals surface area contributed by atoms with E-state index in [2.05, 4.69) is 4.74 Å². The largest absolute Gasteiger partial charge is 0.446 e. The first-order valence-corrected chi connectivity index (χ1v) is 4.36. The summed E-state index contributed by atoms with van der Waals surface area (Å²) in [7, 11) is 0. The Hall–Kier alpha value is -1.62. The molecule has 15 heavy (non-hydrogen) atoms. The van der Waals surface area contributed by atoms with E-state index in [-0.39, 0.29) is 5.56 Å². The van der Waals surface area contributed by atoms with Gasteiger partial charge in [0.25, 0.3) is 0 Å². The number of hydrogen-bond donors (Lipinski definition) is 2. The third-order valence-electron chi connectivity index (χ3n) is 1.98. The van der Waals surface area contributed by atoms with Crippen LogP contribution in [-0.4, -0.2) is 24.4 Å². The molecule has 0 radical (unpaired) electrons. The molecule has 0 aliphatic rings. The zero-order chi connectivity index (χ0) is 11.3. The van der Waals surface area contributed by atoms with E-state index in [9.17, 15) is 9.18 Å². The minimum absolute atomic E-state index is 0.244. The number of carbonyl (C=O) groups excluding carboxylic acids is 1. The molecule has 1 unspecified atom stereocenters. The number of benzene rings is 1. The molecular formula is C10H12FNO3. The van der Waals surface area contributed by atoms with E-state index in [1.165, 1.54) is 12.1 Å². The lowest BCUT2D eigenvalue weighted by Gasteiger charge is -2.22. The zero-order valence-electron chi connectivity index (χ0n) is 8.02.